The van der Waals surface area contributed by atoms with Crippen molar-refractivity contribution in [2.45, 2.75) is 6.92 Å². The lowest BCUT2D eigenvalue weighted by Crippen LogP contribution is -1.99. The van der Waals surface area contributed by atoms with Gasteiger partial charge < -0.3 is 14.2 Å². The van der Waals surface area contributed by atoms with E-state index in [1.807, 2.05) is 12.1 Å². The molecule has 2 bridgehead atoms. The standard InChI is InChI=1S/C49H31NO2/c1-29-34-13-7-14-35(29)40-15-8-18-45-48(40)49-42(16-9-19-46(49)52-45)50-43-27-32(33-22-25-39-38-12-5-6-17-44(38)51-47(39)28-33)21-24-37(43)41-26-31(20-23-36(34)41)30-10-3-2-4-11-30/h2-28,50H,1H3. The molecule has 3 heteroatoms. The molecule has 3 heterocycles. The molecule has 0 amide bonds. The largest absolute Gasteiger partial charge is 0.456 e. The number of nitrogens with one attached hydrogen (secondary N) is 1. The maximum Gasteiger partial charge on any atom is 0.137 e. The Bertz CT molecular complexity index is 3050. The van der Waals surface area contributed by atoms with Gasteiger partial charge in [-0.15, -0.1) is 0 Å². The highest BCUT2D eigenvalue weighted by molar-refractivity contribution is 6.18. The van der Waals surface area contributed by atoms with Crippen molar-refractivity contribution in [2.75, 3.05) is 5.32 Å². The molecular formula is C49H31NO2. The zero-order valence-corrected chi connectivity index (χ0v) is 28.4. The molecule has 52 heavy (non-hydrogen) atoms. The van der Waals surface area contributed by atoms with Crippen molar-refractivity contribution in [1.82, 2.24) is 0 Å². The summed E-state index contributed by atoms with van der Waals surface area (Å²) in [7, 11) is 0. The van der Waals surface area contributed by atoms with Gasteiger partial charge in [0.1, 0.15) is 22.3 Å². The van der Waals surface area contributed by atoms with E-state index < -0.39 is 0 Å². The molecule has 1 aliphatic rings. The molecule has 0 atom stereocenters. The molecule has 0 unspecified atom stereocenters. The normalized spacial score (nSPS) is 12.1. The number of fused-ring (bicyclic) bond motifs is 10. The Kier molecular flexibility index (Phi) is 6.17. The van der Waals surface area contributed by atoms with Crippen molar-refractivity contribution in [1.29, 1.82) is 0 Å². The van der Waals surface area contributed by atoms with Gasteiger partial charge in [0.05, 0.1) is 11.1 Å². The second-order valence-electron chi connectivity index (χ2n) is 13.8. The van der Waals surface area contributed by atoms with E-state index in [1.54, 1.807) is 0 Å². The van der Waals surface area contributed by atoms with Crippen LogP contribution in [0.1, 0.15) is 5.56 Å². The maximum absolute atomic E-state index is 6.54. The van der Waals surface area contributed by atoms with Gasteiger partial charge in [0.25, 0.3) is 0 Å². The van der Waals surface area contributed by atoms with Crippen molar-refractivity contribution < 1.29 is 8.83 Å². The average Bonchev–Trinajstić information content (AvgIpc) is 3.77. The van der Waals surface area contributed by atoms with Crippen molar-refractivity contribution >= 4 is 55.3 Å². The van der Waals surface area contributed by atoms with Crippen LogP contribution in [0.5, 0.6) is 0 Å². The summed E-state index contributed by atoms with van der Waals surface area (Å²) in [5, 5.41) is 8.42. The fourth-order valence-corrected chi connectivity index (χ4v) is 8.34. The molecule has 244 valence electrons. The third-order valence-electron chi connectivity index (χ3n) is 10.9. The molecule has 0 fully saturated rings. The minimum absolute atomic E-state index is 0.859. The van der Waals surface area contributed by atoms with Crippen LogP contribution in [0.4, 0.5) is 11.4 Å². The van der Waals surface area contributed by atoms with Crippen LogP contribution in [0.15, 0.2) is 173 Å². The van der Waals surface area contributed by atoms with Crippen LogP contribution in [0, 0.1) is 6.92 Å². The predicted octanol–water partition coefficient (Wildman–Crippen LogP) is 14.2. The van der Waals surface area contributed by atoms with E-state index in [0.717, 1.165) is 71.9 Å². The summed E-state index contributed by atoms with van der Waals surface area (Å²) in [5.74, 6) is 0. The molecule has 3 nitrogen and oxygen atoms in total. The fraction of sp³-hybridized carbons (Fsp3) is 0.0204. The van der Waals surface area contributed by atoms with Gasteiger partial charge in [0.2, 0.25) is 0 Å². The molecule has 1 N–H and O–H groups in total. The molecule has 0 aliphatic carbocycles. The Morgan fingerprint density at radius 3 is 1.85 bits per heavy atom. The van der Waals surface area contributed by atoms with E-state index in [9.17, 15) is 0 Å². The summed E-state index contributed by atoms with van der Waals surface area (Å²) >= 11 is 0. The molecule has 1 aliphatic heterocycles. The summed E-state index contributed by atoms with van der Waals surface area (Å²) in [6, 6.07) is 58.6. The van der Waals surface area contributed by atoms with E-state index in [1.165, 1.54) is 44.5 Å². The quantitative estimate of drug-likeness (QED) is 0.200. The average molecular weight is 666 g/mol. The monoisotopic (exact) mass is 665 g/mol. The van der Waals surface area contributed by atoms with Crippen LogP contribution in [0.2, 0.25) is 0 Å². The summed E-state index contributed by atoms with van der Waals surface area (Å²) in [4.78, 5) is 0. The minimum Gasteiger partial charge on any atom is -0.456 e. The summed E-state index contributed by atoms with van der Waals surface area (Å²) in [6.45, 7) is 2.25. The van der Waals surface area contributed by atoms with Gasteiger partial charge in [0, 0.05) is 27.4 Å². The van der Waals surface area contributed by atoms with Crippen molar-refractivity contribution in [2.24, 2.45) is 0 Å². The highest BCUT2D eigenvalue weighted by Gasteiger charge is 2.22. The smallest absolute Gasteiger partial charge is 0.137 e. The molecule has 10 aromatic rings. The summed E-state index contributed by atoms with van der Waals surface area (Å²) < 4.78 is 12.9. The van der Waals surface area contributed by atoms with Gasteiger partial charge in [-0.3, -0.25) is 0 Å². The summed E-state index contributed by atoms with van der Waals surface area (Å²) in [5.41, 5.74) is 18.4. The van der Waals surface area contributed by atoms with Gasteiger partial charge in [-0.2, -0.15) is 0 Å². The predicted molar refractivity (Wildman–Crippen MR) is 216 cm³/mol. The highest BCUT2D eigenvalue weighted by atomic mass is 16.3. The number of hydrogen-bond donors (Lipinski definition) is 1. The molecule has 8 aromatic carbocycles. The Labute approximate surface area is 300 Å². The van der Waals surface area contributed by atoms with Crippen molar-refractivity contribution in [3.63, 3.8) is 0 Å². The Morgan fingerprint density at radius 1 is 0.346 bits per heavy atom. The van der Waals surface area contributed by atoms with E-state index >= 15 is 0 Å². The van der Waals surface area contributed by atoms with Gasteiger partial charge in [-0.1, -0.05) is 115 Å². The van der Waals surface area contributed by atoms with Gasteiger partial charge >= 0.3 is 0 Å². The van der Waals surface area contributed by atoms with E-state index in [2.05, 4.69) is 164 Å². The first-order chi connectivity index (χ1) is 25.7. The van der Waals surface area contributed by atoms with Crippen LogP contribution in [-0.2, 0) is 0 Å². The van der Waals surface area contributed by atoms with E-state index in [-0.39, 0.29) is 0 Å². The molecule has 11 rings (SSSR count). The molecule has 2 aromatic heterocycles. The zero-order chi connectivity index (χ0) is 34.3. The van der Waals surface area contributed by atoms with Crippen LogP contribution < -0.4 is 5.32 Å². The lowest BCUT2D eigenvalue weighted by molar-refractivity contribution is 0.668. The Balaban J connectivity index is 1.22. The molecule has 0 saturated carbocycles. The van der Waals surface area contributed by atoms with Crippen LogP contribution in [-0.4, -0.2) is 0 Å². The fourth-order valence-electron chi connectivity index (χ4n) is 8.34. The van der Waals surface area contributed by atoms with Crippen LogP contribution in [0.25, 0.3) is 99.5 Å². The number of hydrogen-bond acceptors (Lipinski definition) is 3. The van der Waals surface area contributed by atoms with Crippen LogP contribution in [0.3, 0.4) is 0 Å². The number of furan rings is 2. The number of rotatable bonds is 2. The first kappa shape index (κ1) is 28.9. The number of para-hydroxylation sites is 1. The lowest BCUT2D eigenvalue weighted by Gasteiger charge is -2.21. The number of benzene rings is 8. The second kappa shape index (κ2) is 11.1. The molecule has 0 radical (unpaired) electrons. The second-order valence-corrected chi connectivity index (χ2v) is 13.8. The third-order valence-corrected chi connectivity index (χ3v) is 10.9. The van der Waals surface area contributed by atoms with Gasteiger partial charge in [0.15, 0.2) is 0 Å². The van der Waals surface area contributed by atoms with Gasteiger partial charge in [-0.05, 0) is 111 Å². The van der Waals surface area contributed by atoms with E-state index in [0.29, 0.717) is 0 Å². The topological polar surface area (TPSA) is 38.3 Å². The molecule has 0 spiro atoms. The Hall–Kier alpha value is -6.84. The first-order valence-electron chi connectivity index (χ1n) is 17.8. The molecular weight excluding hydrogens is 635 g/mol. The maximum atomic E-state index is 6.54. The SMILES string of the molecule is Cc1c2cccc1-c1cccc3oc4cccc(c4c13)Nc1cc(-c3ccc4c(c3)oc3ccccc34)ccc1-c1cc(-c3ccccc3)ccc1-2. The minimum atomic E-state index is 0.859. The molecule has 0 saturated heterocycles. The highest BCUT2D eigenvalue weighted by Crippen LogP contribution is 2.48. The van der Waals surface area contributed by atoms with Crippen molar-refractivity contribution in [3.05, 3.63) is 169 Å². The zero-order valence-electron chi connectivity index (χ0n) is 28.4. The third kappa shape index (κ3) is 4.33. The van der Waals surface area contributed by atoms with Gasteiger partial charge in [-0.25, -0.2) is 0 Å². The summed E-state index contributed by atoms with van der Waals surface area (Å²) in [6.07, 6.45) is 0. The Morgan fingerprint density at radius 2 is 0.962 bits per heavy atom. The first-order valence-corrected chi connectivity index (χ1v) is 17.8. The van der Waals surface area contributed by atoms with Crippen molar-refractivity contribution in [3.8, 4) is 55.6 Å². The lowest BCUT2D eigenvalue weighted by atomic mass is 9.85. The number of anilines is 2. The van der Waals surface area contributed by atoms with E-state index in [4.69, 9.17) is 8.83 Å². The van der Waals surface area contributed by atoms with Crippen LogP contribution >= 0.6 is 0 Å².